The van der Waals surface area contributed by atoms with Gasteiger partial charge < -0.3 is 10.1 Å². The highest BCUT2D eigenvalue weighted by molar-refractivity contribution is 5.64. The second-order valence-electron chi connectivity index (χ2n) is 3.71. The number of nitro groups is 1. The fourth-order valence-electron chi connectivity index (χ4n) is 1.49. The predicted molar refractivity (Wildman–Crippen MR) is 67.5 cm³/mol. The zero-order valence-electron chi connectivity index (χ0n) is 9.97. The second-order valence-corrected chi connectivity index (χ2v) is 3.71. The van der Waals surface area contributed by atoms with Gasteiger partial charge in [0.2, 0.25) is 0 Å². The van der Waals surface area contributed by atoms with Crippen LogP contribution in [-0.2, 0) is 0 Å². The van der Waals surface area contributed by atoms with Crippen LogP contribution in [0.5, 0.6) is 5.75 Å². The Morgan fingerprint density at radius 2 is 2.35 bits per heavy atom. The lowest BCUT2D eigenvalue weighted by Crippen LogP contribution is -2.15. The van der Waals surface area contributed by atoms with Crippen LogP contribution in [0.15, 0.2) is 30.9 Å². The van der Waals surface area contributed by atoms with Crippen molar-refractivity contribution in [2.75, 3.05) is 12.4 Å². The van der Waals surface area contributed by atoms with E-state index in [0.717, 1.165) is 6.42 Å². The van der Waals surface area contributed by atoms with Crippen molar-refractivity contribution in [1.82, 2.24) is 0 Å². The smallest absolute Gasteiger partial charge is 0.292 e. The predicted octanol–water partition coefficient (Wildman–Crippen LogP) is 2.98. The molecule has 1 unspecified atom stereocenters. The van der Waals surface area contributed by atoms with Gasteiger partial charge in [-0.2, -0.15) is 0 Å². The summed E-state index contributed by atoms with van der Waals surface area (Å²) in [5.74, 6) is 0.587. The van der Waals surface area contributed by atoms with E-state index in [1.807, 2.05) is 6.92 Å². The van der Waals surface area contributed by atoms with E-state index in [2.05, 4.69) is 11.9 Å². The van der Waals surface area contributed by atoms with Crippen molar-refractivity contribution in [2.24, 2.45) is 0 Å². The Morgan fingerprint density at radius 3 is 2.88 bits per heavy atom. The molecule has 1 rings (SSSR count). The number of nitrogens with one attached hydrogen (secondary N) is 1. The van der Waals surface area contributed by atoms with E-state index in [-0.39, 0.29) is 11.7 Å². The second kappa shape index (κ2) is 5.89. The lowest BCUT2D eigenvalue weighted by atomic mass is 10.2. The molecule has 0 fully saturated rings. The molecule has 0 saturated heterocycles. The molecule has 0 bridgehead atoms. The van der Waals surface area contributed by atoms with Crippen molar-refractivity contribution >= 4 is 11.4 Å². The summed E-state index contributed by atoms with van der Waals surface area (Å²) >= 11 is 0. The highest BCUT2D eigenvalue weighted by Gasteiger charge is 2.15. The van der Waals surface area contributed by atoms with Gasteiger partial charge in [-0.25, -0.2) is 0 Å². The molecule has 0 heterocycles. The normalized spacial score (nSPS) is 11.6. The van der Waals surface area contributed by atoms with E-state index in [9.17, 15) is 10.1 Å². The van der Waals surface area contributed by atoms with Gasteiger partial charge in [0.1, 0.15) is 11.4 Å². The molecule has 0 aliphatic carbocycles. The summed E-state index contributed by atoms with van der Waals surface area (Å²) in [4.78, 5) is 10.5. The van der Waals surface area contributed by atoms with Crippen LogP contribution in [0.4, 0.5) is 11.4 Å². The minimum Gasteiger partial charge on any atom is -0.497 e. The molecule has 1 atom stereocenters. The summed E-state index contributed by atoms with van der Waals surface area (Å²) in [5, 5.41) is 13.9. The Balaban J connectivity index is 3.00. The zero-order valence-corrected chi connectivity index (χ0v) is 9.97. The van der Waals surface area contributed by atoms with Crippen LogP contribution in [0.25, 0.3) is 0 Å². The summed E-state index contributed by atoms with van der Waals surface area (Å²) in [7, 11) is 1.53. The molecular formula is C12H16N2O3. The minimum absolute atomic E-state index is 0.0433. The van der Waals surface area contributed by atoms with Crippen molar-refractivity contribution in [1.29, 1.82) is 0 Å². The summed E-state index contributed by atoms with van der Waals surface area (Å²) in [6.07, 6.45) is 2.50. The molecule has 1 aromatic carbocycles. The number of nitrogens with zero attached hydrogens (tertiary/aromatic N) is 1. The lowest BCUT2D eigenvalue weighted by Gasteiger charge is -2.14. The Hall–Kier alpha value is -2.04. The van der Waals surface area contributed by atoms with E-state index in [1.54, 1.807) is 18.2 Å². The average Bonchev–Trinajstić information content (AvgIpc) is 2.28. The number of methoxy groups -OCH3 is 1. The molecule has 0 saturated carbocycles. The van der Waals surface area contributed by atoms with Gasteiger partial charge in [-0.05, 0) is 19.4 Å². The maximum absolute atomic E-state index is 10.9. The van der Waals surface area contributed by atoms with Crippen LogP contribution in [-0.4, -0.2) is 18.1 Å². The summed E-state index contributed by atoms with van der Waals surface area (Å²) in [6.45, 7) is 5.57. The Morgan fingerprint density at radius 1 is 1.65 bits per heavy atom. The third-order valence-electron chi connectivity index (χ3n) is 2.32. The first kappa shape index (κ1) is 13.0. The third-order valence-corrected chi connectivity index (χ3v) is 2.32. The third kappa shape index (κ3) is 3.48. The van der Waals surface area contributed by atoms with E-state index >= 15 is 0 Å². The van der Waals surface area contributed by atoms with Crippen molar-refractivity contribution in [3.8, 4) is 5.75 Å². The molecule has 92 valence electrons. The first-order valence-electron chi connectivity index (χ1n) is 5.28. The number of hydrogen-bond acceptors (Lipinski definition) is 4. The zero-order chi connectivity index (χ0) is 12.8. The molecule has 0 aliphatic heterocycles. The lowest BCUT2D eigenvalue weighted by molar-refractivity contribution is -0.384. The van der Waals surface area contributed by atoms with Crippen molar-refractivity contribution in [2.45, 2.75) is 19.4 Å². The van der Waals surface area contributed by atoms with E-state index < -0.39 is 4.92 Å². The van der Waals surface area contributed by atoms with Crippen LogP contribution >= 0.6 is 0 Å². The standard InChI is InChI=1S/C12H16N2O3/c1-4-5-9(2)13-11-8-10(17-3)6-7-12(11)14(15)16/h4,6-9,13H,1,5H2,2-3H3. The number of rotatable bonds is 6. The van der Waals surface area contributed by atoms with Crippen LogP contribution in [0.1, 0.15) is 13.3 Å². The van der Waals surface area contributed by atoms with Crippen molar-refractivity contribution in [3.05, 3.63) is 41.0 Å². The number of ether oxygens (including phenoxy) is 1. The molecule has 17 heavy (non-hydrogen) atoms. The molecule has 5 heteroatoms. The minimum atomic E-state index is -0.414. The van der Waals surface area contributed by atoms with Gasteiger partial charge in [-0.3, -0.25) is 10.1 Å². The van der Waals surface area contributed by atoms with Gasteiger partial charge in [-0.1, -0.05) is 6.08 Å². The Bertz CT molecular complexity index is 418. The summed E-state index contributed by atoms with van der Waals surface area (Å²) < 4.78 is 5.05. The monoisotopic (exact) mass is 236 g/mol. The summed E-state index contributed by atoms with van der Waals surface area (Å²) in [5.41, 5.74) is 0.505. The van der Waals surface area contributed by atoms with Crippen molar-refractivity contribution < 1.29 is 9.66 Å². The van der Waals surface area contributed by atoms with Crippen molar-refractivity contribution in [3.63, 3.8) is 0 Å². The average molecular weight is 236 g/mol. The molecule has 1 N–H and O–H groups in total. The Labute approximate surface area is 100 Å². The molecule has 0 aliphatic rings. The van der Waals surface area contributed by atoms with Gasteiger partial charge >= 0.3 is 0 Å². The number of benzene rings is 1. The topological polar surface area (TPSA) is 64.4 Å². The molecule has 0 spiro atoms. The van der Waals surface area contributed by atoms with Gasteiger partial charge in [0.25, 0.3) is 5.69 Å². The maximum Gasteiger partial charge on any atom is 0.292 e. The maximum atomic E-state index is 10.9. The molecule has 0 radical (unpaired) electrons. The van der Waals surface area contributed by atoms with Crippen LogP contribution < -0.4 is 10.1 Å². The van der Waals surface area contributed by atoms with E-state index in [1.165, 1.54) is 13.2 Å². The fourth-order valence-corrected chi connectivity index (χ4v) is 1.49. The first-order chi connectivity index (χ1) is 8.08. The van der Waals surface area contributed by atoms with Gasteiger partial charge in [-0.15, -0.1) is 6.58 Å². The van der Waals surface area contributed by atoms with Gasteiger partial charge in [0.15, 0.2) is 0 Å². The van der Waals surface area contributed by atoms with E-state index in [0.29, 0.717) is 11.4 Å². The quantitative estimate of drug-likeness (QED) is 0.468. The fraction of sp³-hybridized carbons (Fsp3) is 0.333. The highest BCUT2D eigenvalue weighted by Crippen LogP contribution is 2.29. The molecule has 5 nitrogen and oxygen atoms in total. The first-order valence-corrected chi connectivity index (χ1v) is 5.28. The summed E-state index contributed by atoms with van der Waals surface area (Å²) in [6, 6.07) is 4.71. The molecule has 0 amide bonds. The number of anilines is 1. The van der Waals surface area contributed by atoms with Gasteiger partial charge in [0.05, 0.1) is 12.0 Å². The van der Waals surface area contributed by atoms with Crippen LogP contribution in [0, 0.1) is 10.1 Å². The number of hydrogen-bond donors (Lipinski definition) is 1. The SMILES string of the molecule is C=CCC(C)Nc1cc(OC)ccc1[N+](=O)[O-]. The largest absolute Gasteiger partial charge is 0.497 e. The molecule has 0 aromatic heterocycles. The molecular weight excluding hydrogens is 220 g/mol. The van der Waals surface area contributed by atoms with Crippen LogP contribution in [0.3, 0.4) is 0 Å². The van der Waals surface area contributed by atoms with Crippen LogP contribution in [0.2, 0.25) is 0 Å². The highest BCUT2D eigenvalue weighted by atomic mass is 16.6. The number of nitro benzene ring substituents is 1. The van der Waals surface area contributed by atoms with E-state index in [4.69, 9.17) is 4.74 Å². The Kier molecular flexibility index (Phi) is 4.51. The molecule has 1 aromatic rings. The van der Waals surface area contributed by atoms with Gasteiger partial charge in [0, 0.05) is 18.2 Å².